The summed E-state index contributed by atoms with van der Waals surface area (Å²) >= 11 is 0. The number of aryl methyl sites for hydroxylation is 1. The molecule has 0 atom stereocenters. The number of benzene rings is 1. The average Bonchev–Trinajstić information content (AvgIpc) is 2.48. The van der Waals surface area contributed by atoms with E-state index in [2.05, 4.69) is 10.1 Å². The van der Waals surface area contributed by atoms with Gasteiger partial charge in [0.2, 0.25) is 0 Å². The molecule has 0 saturated carbocycles. The topological polar surface area (TPSA) is 80.7 Å². The molecule has 0 fully saturated rings. The largest absolute Gasteiger partial charge is 0.493 e. The summed E-state index contributed by atoms with van der Waals surface area (Å²) in [4.78, 5) is 4.24. The van der Waals surface area contributed by atoms with Crippen LogP contribution in [0.5, 0.6) is 5.75 Å². The molecule has 0 radical (unpaired) electrons. The standard InChI is InChI=1S/C15H17N3O2/c1-11-10-13(5-6-14(11)15(16)18-19)20-9-7-12-4-2-3-8-17-12/h2-6,8,10,19H,7,9H2,1H3,(H2,16,18). The lowest BCUT2D eigenvalue weighted by atomic mass is 10.1. The first kappa shape index (κ1) is 13.9. The van der Waals surface area contributed by atoms with Gasteiger partial charge in [0.15, 0.2) is 5.84 Å². The minimum Gasteiger partial charge on any atom is -0.493 e. The van der Waals surface area contributed by atoms with Crippen molar-refractivity contribution in [2.24, 2.45) is 10.9 Å². The number of hydrogen-bond acceptors (Lipinski definition) is 4. The zero-order valence-electron chi connectivity index (χ0n) is 11.3. The van der Waals surface area contributed by atoms with Gasteiger partial charge in [-0.2, -0.15) is 0 Å². The average molecular weight is 271 g/mol. The molecule has 2 aromatic rings. The molecule has 0 bridgehead atoms. The van der Waals surface area contributed by atoms with Crippen LogP contribution < -0.4 is 10.5 Å². The minimum absolute atomic E-state index is 0.0996. The lowest BCUT2D eigenvalue weighted by Crippen LogP contribution is -2.14. The van der Waals surface area contributed by atoms with Gasteiger partial charge in [0.05, 0.1) is 6.61 Å². The summed E-state index contributed by atoms with van der Waals surface area (Å²) in [7, 11) is 0. The highest BCUT2D eigenvalue weighted by Gasteiger charge is 2.05. The maximum absolute atomic E-state index is 8.67. The number of nitrogens with zero attached hydrogens (tertiary/aromatic N) is 2. The summed E-state index contributed by atoms with van der Waals surface area (Å²) < 4.78 is 5.68. The number of pyridine rings is 1. The van der Waals surface area contributed by atoms with Crippen LogP contribution in [0.4, 0.5) is 0 Å². The van der Waals surface area contributed by atoms with E-state index in [9.17, 15) is 0 Å². The van der Waals surface area contributed by atoms with Crippen molar-refractivity contribution in [2.45, 2.75) is 13.3 Å². The lowest BCUT2D eigenvalue weighted by Gasteiger charge is -2.09. The van der Waals surface area contributed by atoms with Gasteiger partial charge in [-0.15, -0.1) is 0 Å². The third kappa shape index (κ3) is 3.47. The fourth-order valence-electron chi connectivity index (χ4n) is 1.89. The predicted octanol–water partition coefficient (Wildman–Crippen LogP) is 2.11. The van der Waals surface area contributed by atoms with Crippen LogP contribution in [-0.4, -0.2) is 22.6 Å². The van der Waals surface area contributed by atoms with E-state index in [-0.39, 0.29) is 5.84 Å². The normalized spacial score (nSPS) is 11.3. The molecule has 5 nitrogen and oxygen atoms in total. The van der Waals surface area contributed by atoms with Crippen LogP contribution in [0.15, 0.2) is 47.8 Å². The molecule has 0 aliphatic rings. The number of hydrogen-bond donors (Lipinski definition) is 2. The van der Waals surface area contributed by atoms with Crippen molar-refractivity contribution >= 4 is 5.84 Å². The zero-order chi connectivity index (χ0) is 14.4. The molecule has 0 unspecified atom stereocenters. The first-order valence-electron chi connectivity index (χ1n) is 6.32. The molecule has 2 rings (SSSR count). The molecule has 0 saturated heterocycles. The van der Waals surface area contributed by atoms with Crippen molar-refractivity contribution in [1.82, 2.24) is 4.98 Å². The number of nitrogens with two attached hydrogens (primary N) is 1. The Morgan fingerprint density at radius 3 is 2.85 bits per heavy atom. The second-order valence-electron chi connectivity index (χ2n) is 4.38. The Labute approximate surface area is 117 Å². The highest BCUT2D eigenvalue weighted by atomic mass is 16.5. The van der Waals surface area contributed by atoms with Gasteiger partial charge in [-0.25, -0.2) is 0 Å². The van der Waals surface area contributed by atoms with Gasteiger partial charge in [0.25, 0.3) is 0 Å². The Kier molecular flexibility index (Phi) is 4.55. The van der Waals surface area contributed by atoms with Crippen molar-refractivity contribution in [1.29, 1.82) is 0 Å². The molecule has 0 aliphatic heterocycles. The van der Waals surface area contributed by atoms with Crippen molar-refractivity contribution in [2.75, 3.05) is 6.61 Å². The molecule has 104 valence electrons. The second kappa shape index (κ2) is 6.56. The predicted molar refractivity (Wildman–Crippen MR) is 77.1 cm³/mol. The van der Waals surface area contributed by atoms with E-state index in [1.807, 2.05) is 31.2 Å². The molecule has 1 aromatic carbocycles. The van der Waals surface area contributed by atoms with Crippen molar-refractivity contribution in [3.63, 3.8) is 0 Å². The van der Waals surface area contributed by atoms with Crippen molar-refractivity contribution in [3.8, 4) is 5.75 Å². The number of oxime groups is 1. The minimum atomic E-state index is 0.0996. The monoisotopic (exact) mass is 271 g/mol. The Morgan fingerprint density at radius 1 is 1.35 bits per heavy atom. The van der Waals surface area contributed by atoms with Gasteiger partial charge >= 0.3 is 0 Å². The first-order chi connectivity index (χ1) is 9.70. The van der Waals surface area contributed by atoms with Crippen LogP contribution in [0.2, 0.25) is 0 Å². The number of aromatic nitrogens is 1. The zero-order valence-corrected chi connectivity index (χ0v) is 11.3. The molecular formula is C15H17N3O2. The van der Waals surface area contributed by atoms with E-state index in [4.69, 9.17) is 15.7 Å². The van der Waals surface area contributed by atoms with Crippen molar-refractivity contribution in [3.05, 3.63) is 59.4 Å². The molecule has 1 heterocycles. The summed E-state index contributed by atoms with van der Waals surface area (Å²) in [5.41, 5.74) is 8.17. The van der Waals surface area contributed by atoms with Gasteiger partial charge in [0.1, 0.15) is 5.75 Å². The first-order valence-corrected chi connectivity index (χ1v) is 6.32. The third-order valence-corrected chi connectivity index (χ3v) is 2.93. The summed E-state index contributed by atoms with van der Waals surface area (Å²) in [6, 6.07) is 11.3. The van der Waals surface area contributed by atoms with Crippen LogP contribution >= 0.6 is 0 Å². The van der Waals surface area contributed by atoms with Crippen LogP contribution in [0.3, 0.4) is 0 Å². The fourth-order valence-corrected chi connectivity index (χ4v) is 1.89. The molecule has 0 spiro atoms. The number of rotatable bonds is 5. The maximum atomic E-state index is 8.67. The van der Waals surface area contributed by atoms with E-state index in [1.165, 1.54) is 0 Å². The van der Waals surface area contributed by atoms with Crippen LogP contribution in [-0.2, 0) is 6.42 Å². The third-order valence-electron chi connectivity index (χ3n) is 2.93. The van der Waals surface area contributed by atoms with Gasteiger partial charge in [0, 0.05) is 23.9 Å². The van der Waals surface area contributed by atoms with Crippen LogP contribution in [0, 0.1) is 6.92 Å². The van der Waals surface area contributed by atoms with E-state index < -0.39 is 0 Å². The molecule has 5 heteroatoms. The van der Waals surface area contributed by atoms with Gasteiger partial charge < -0.3 is 15.7 Å². The summed E-state index contributed by atoms with van der Waals surface area (Å²) in [6.07, 6.45) is 2.52. The van der Waals surface area contributed by atoms with E-state index in [0.29, 0.717) is 12.2 Å². The highest BCUT2D eigenvalue weighted by molar-refractivity contribution is 5.98. The van der Waals surface area contributed by atoms with E-state index >= 15 is 0 Å². The number of amidine groups is 1. The summed E-state index contributed by atoms with van der Waals surface area (Å²) in [5, 5.41) is 11.7. The Balaban J connectivity index is 1.96. The van der Waals surface area contributed by atoms with E-state index in [1.54, 1.807) is 18.3 Å². The maximum Gasteiger partial charge on any atom is 0.170 e. The van der Waals surface area contributed by atoms with E-state index in [0.717, 1.165) is 23.4 Å². The summed E-state index contributed by atoms with van der Waals surface area (Å²) in [6.45, 7) is 2.44. The van der Waals surface area contributed by atoms with Gasteiger partial charge in [-0.3, -0.25) is 4.98 Å². The molecular weight excluding hydrogens is 254 g/mol. The van der Waals surface area contributed by atoms with Crippen LogP contribution in [0.25, 0.3) is 0 Å². The molecule has 0 amide bonds. The summed E-state index contributed by atoms with van der Waals surface area (Å²) in [5.74, 6) is 0.857. The van der Waals surface area contributed by atoms with Crippen LogP contribution in [0.1, 0.15) is 16.8 Å². The fraction of sp³-hybridized carbons (Fsp3) is 0.200. The van der Waals surface area contributed by atoms with Gasteiger partial charge in [-0.05, 0) is 42.8 Å². The molecule has 3 N–H and O–H groups in total. The smallest absolute Gasteiger partial charge is 0.170 e. The van der Waals surface area contributed by atoms with Gasteiger partial charge in [-0.1, -0.05) is 11.2 Å². The SMILES string of the molecule is Cc1cc(OCCc2ccccn2)ccc1/C(N)=N/O. The molecule has 20 heavy (non-hydrogen) atoms. The molecule has 0 aliphatic carbocycles. The molecule has 1 aromatic heterocycles. The Bertz CT molecular complexity index is 597. The lowest BCUT2D eigenvalue weighted by molar-refractivity contribution is 0.318. The second-order valence-corrected chi connectivity index (χ2v) is 4.38. The van der Waals surface area contributed by atoms with Crippen molar-refractivity contribution < 1.29 is 9.94 Å². The quantitative estimate of drug-likeness (QED) is 0.378. The highest BCUT2D eigenvalue weighted by Crippen LogP contribution is 2.17. The number of ether oxygens (including phenoxy) is 1. The Hall–Kier alpha value is -2.56. The Morgan fingerprint density at radius 2 is 2.20 bits per heavy atom.